The first-order valence-electron chi connectivity index (χ1n) is 4.12. The maximum absolute atomic E-state index is 2.40. The van der Waals surface area contributed by atoms with Crippen LogP contribution in [0.15, 0.2) is 30.3 Å². The first kappa shape index (κ1) is 11.6. The van der Waals surface area contributed by atoms with E-state index in [1.165, 1.54) is 11.7 Å². The summed E-state index contributed by atoms with van der Waals surface area (Å²) >= 11 is 0. The second-order valence-corrected chi connectivity index (χ2v) is 9.70. The van der Waals surface area contributed by atoms with Crippen molar-refractivity contribution >= 4 is 7.26 Å². The van der Waals surface area contributed by atoms with E-state index in [1.807, 2.05) is 0 Å². The van der Waals surface area contributed by atoms with E-state index in [0.29, 0.717) is 0 Å². The molecule has 0 aliphatic heterocycles. The maximum Gasteiger partial charge on any atom is -0.412 e. The summed E-state index contributed by atoms with van der Waals surface area (Å²) in [7, 11) is -0.898. The van der Waals surface area contributed by atoms with Crippen LogP contribution in [0.4, 0.5) is 0 Å². The van der Waals surface area contributed by atoms with Gasteiger partial charge in [0.05, 0.1) is 0 Å². The van der Waals surface area contributed by atoms with Gasteiger partial charge in [-0.1, -0.05) is 0 Å². The summed E-state index contributed by atoms with van der Waals surface area (Å²) in [5, 5.41) is 0. The number of hydrogen-bond acceptors (Lipinski definition) is 0. The van der Waals surface area contributed by atoms with Crippen LogP contribution in [-0.4, -0.2) is 25.5 Å². The van der Waals surface area contributed by atoms with Crippen molar-refractivity contribution in [1.82, 2.24) is 0 Å². The van der Waals surface area contributed by atoms with E-state index in [2.05, 4.69) is 50.3 Å². The van der Waals surface area contributed by atoms with Crippen molar-refractivity contribution in [3.63, 3.8) is 0 Å². The van der Waals surface area contributed by atoms with Crippen LogP contribution in [0, 0.1) is 0 Å². The molecule has 0 amide bonds. The third-order valence-corrected chi connectivity index (χ3v) is 3.05. The van der Waals surface area contributed by atoms with Crippen LogP contribution in [-0.2, 0) is 6.16 Å². The molecule has 2 heteroatoms. The van der Waals surface area contributed by atoms with E-state index in [-0.39, 0.29) is 5.48 Å². The molecule has 0 fully saturated rings. The molecule has 0 aliphatic carbocycles. The molecule has 0 heterocycles. The zero-order chi connectivity index (χ0) is 8.32. The second-order valence-electron chi connectivity index (χ2n) is 4.22. The van der Waals surface area contributed by atoms with Crippen LogP contribution in [0.1, 0.15) is 5.56 Å². The third-order valence-electron chi connectivity index (χ3n) is 1.58. The first-order valence-corrected chi connectivity index (χ1v) is 7.82. The summed E-state index contributed by atoms with van der Waals surface area (Å²) in [6, 6.07) is 10.8. The molecule has 0 aliphatic rings. The fourth-order valence-corrected chi connectivity index (χ4v) is 2.67. The van der Waals surface area contributed by atoms with Crippen molar-refractivity contribution in [2.75, 3.05) is 20.0 Å². The van der Waals surface area contributed by atoms with Crippen molar-refractivity contribution in [3.8, 4) is 0 Å². The fraction of sp³-hybridized carbons (Fsp3) is 0.400. The first-order chi connectivity index (χ1) is 5.08. The predicted molar refractivity (Wildman–Crippen MR) is 59.8 cm³/mol. The standard InChI is InChI=1S/C10H17P.H2O/c1-11(2,3)9-10-7-5-4-6-8-10;/h4-8,11H,9H2,1-3H3;1H2. The van der Waals surface area contributed by atoms with E-state index in [9.17, 15) is 0 Å². The molecule has 0 unspecified atom stereocenters. The van der Waals surface area contributed by atoms with Crippen LogP contribution in [0.2, 0.25) is 0 Å². The van der Waals surface area contributed by atoms with Gasteiger partial charge in [-0.3, -0.25) is 0 Å². The third kappa shape index (κ3) is 4.48. The van der Waals surface area contributed by atoms with E-state index >= 15 is 0 Å². The van der Waals surface area contributed by atoms with Crippen molar-refractivity contribution in [2.24, 2.45) is 0 Å². The van der Waals surface area contributed by atoms with E-state index < -0.39 is 7.26 Å². The minimum absolute atomic E-state index is 0. The summed E-state index contributed by atoms with van der Waals surface area (Å²) < 4.78 is 0. The Kier molecular flexibility index (Phi) is 4.44. The van der Waals surface area contributed by atoms with Gasteiger partial charge in [0.1, 0.15) is 0 Å². The zero-order valence-electron chi connectivity index (χ0n) is 8.09. The molecule has 0 aromatic heterocycles. The Morgan fingerprint density at radius 3 is 1.92 bits per heavy atom. The molecule has 1 rings (SSSR count). The molecule has 0 saturated carbocycles. The van der Waals surface area contributed by atoms with Gasteiger partial charge in [0, 0.05) is 0 Å². The Balaban J connectivity index is 0.00000121. The summed E-state index contributed by atoms with van der Waals surface area (Å²) in [6.45, 7) is 7.21. The average molecular weight is 186 g/mol. The number of hydrogen-bond donors (Lipinski definition) is 0. The SMILES string of the molecule is C[PH](C)(C)Cc1ccccc1.O. The molecule has 12 heavy (non-hydrogen) atoms. The summed E-state index contributed by atoms with van der Waals surface area (Å²) in [5.41, 5.74) is 1.49. The Morgan fingerprint density at radius 1 is 1.00 bits per heavy atom. The van der Waals surface area contributed by atoms with Gasteiger partial charge in [0.2, 0.25) is 0 Å². The van der Waals surface area contributed by atoms with Gasteiger partial charge in [0.15, 0.2) is 0 Å². The normalized spacial score (nSPS) is 11.9. The fourth-order valence-electron chi connectivity index (χ4n) is 1.21. The number of rotatable bonds is 2. The molecule has 0 radical (unpaired) electrons. The minimum atomic E-state index is -0.898. The Morgan fingerprint density at radius 2 is 1.50 bits per heavy atom. The van der Waals surface area contributed by atoms with Gasteiger partial charge in [-0.05, 0) is 0 Å². The maximum atomic E-state index is 2.40. The smallest absolute Gasteiger partial charge is 0.412 e. The topological polar surface area (TPSA) is 31.5 Å². The van der Waals surface area contributed by atoms with E-state index in [4.69, 9.17) is 0 Å². The second kappa shape index (κ2) is 4.59. The summed E-state index contributed by atoms with van der Waals surface area (Å²) in [4.78, 5) is 0. The van der Waals surface area contributed by atoms with Gasteiger partial charge in [-0.2, -0.15) is 0 Å². The van der Waals surface area contributed by atoms with E-state index in [0.717, 1.165) is 0 Å². The van der Waals surface area contributed by atoms with Gasteiger partial charge >= 0.3 is 69.3 Å². The minimum Gasteiger partial charge on any atom is -0.412 e. The molecule has 0 spiro atoms. The van der Waals surface area contributed by atoms with Crippen molar-refractivity contribution in [3.05, 3.63) is 35.9 Å². The largest absolute Gasteiger partial charge is 0.412 e. The molecule has 0 saturated heterocycles. The molecule has 1 aromatic rings. The van der Waals surface area contributed by atoms with Crippen LogP contribution in [0.25, 0.3) is 0 Å². The Hall–Kier alpha value is -0.390. The van der Waals surface area contributed by atoms with Crippen molar-refractivity contribution < 1.29 is 5.48 Å². The molecular weight excluding hydrogens is 167 g/mol. The van der Waals surface area contributed by atoms with Gasteiger partial charge in [0.25, 0.3) is 0 Å². The van der Waals surface area contributed by atoms with Gasteiger partial charge < -0.3 is 5.48 Å². The number of benzene rings is 1. The molecule has 70 valence electrons. The Bertz CT molecular complexity index is 213. The summed E-state index contributed by atoms with van der Waals surface area (Å²) in [5.74, 6) is 0. The molecule has 0 atom stereocenters. The van der Waals surface area contributed by atoms with Crippen molar-refractivity contribution in [1.29, 1.82) is 0 Å². The average Bonchev–Trinajstić information content (AvgIpc) is 1.85. The quantitative estimate of drug-likeness (QED) is 0.633. The van der Waals surface area contributed by atoms with Gasteiger partial charge in [-0.15, -0.1) is 0 Å². The van der Waals surface area contributed by atoms with Crippen molar-refractivity contribution in [2.45, 2.75) is 6.16 Å². The molecular formula is C10H19OP. The summed E-state index contributed by atoms with van der Waals surface area (Å²) in [6.07, 6.45) is 1.30. The predicted octanol–water partition coefficient (Wildman–Crippen LogP) is 2.00. The van der Waals surface area contributed by atoms with E-state index in [1.54, 1.807) is 0 Å². The Labute approximate surface area is 75.5 Å². The molecule has 1 aromatic carbocycles. The molecule has 1 nitrogen and oxygen atoms in total. The zero-order valence-corrected chi connectivity index (χ0v) is 9.09. The molecule has 0 bridgehead atoms. The van der Waals surface area contributed by atoms with Gasteiger partial charge in [-0.25, -0.2) is 0 Å². The van der Waals surface area contributed by atoms with Crippen LogP contribution >= 0.6 is 7.26 Å². The van der Waals surface area contributed by atoms with Crippen LogP contribution < -0.4 is 0 Å². The van der Waals surface area contributed by atoms with Crippen LogP contribution in [0.5, 0.6) is 0 Å². The monoisotopic (exact) mass is 186 g/mol. The molecule has 2 N–H and O–H groups in total. The van der Waals surface area contributed by atoms with Crippen LogP contribution in [0.3, 0.4) is 0 Å².